The van der Waals surface area contributed by atoms with Crippen LogP contribution in [0.5, 0.6) is 0 Å². The van der Waals surface area contributed by atoms with Gasteiger partial charge in [-0.1, -0.05) is 17.7 Å². The summed E-state index contributed by atoms with van der Waals surface area (Å²) in [5.74, 6) is -0.603. The lowest BCUT2D eigenvalue weighted by atomic mass is 9.86. The fraction of sp³-hybridized carbons (Fsp3) is 0.562. The molecular weight excluding hydrogens is 307 g/mol. The molecule has 1 aromatic rings. The van der Waals surface area contributed by atoms with Crippen molar-refractivity contribution in [2.24, 2.45) is 5.73 Å². The van der Waals surface area contributed by atoms with Gasteiger partial charge in [0.1, 0.15) is 11.4 Å². The molecule has 1 aliphatic rings. The molecule has 2 rings (SSSR count). The summed E-state index contributed by atoms with van der Waals surface area (Å²) in [6.07, 6.45) is 0.285. The molecule has 1 aliphatic heterocycles. The van der Waals surface area contributed by atoms with Gasteiger partial charge >= 0.3 is 6.09 Å². The van der Waals surface area contributed by atoms with Gasteiger partial charge in [0.05, 0.1) is 5.02 Å². The van der Waals surface area contributed by atoms with Gasteiger partial charge in [0, 0.05) is 25.0 Å². The van der Waals surface area contributed by atoms with E-state index in [0.29, 0.717) is 19.5 Å². The number of halogens is 2. The number of hydrogen-bond donors (Lipinski definition) is 1. The summed E-state index contributed by atoms with van der Waals surface area (Å²) >= 11 is 5.72. The van der Waals surface area contributed by atoms with Crippen molar-refractivity contribution in [3.8, 4) is 0 Å². The highest BCUT2D eigenvalue weighted by Gasteiger charge is 2.32. The van der Waals surface area contributed by atoms with Crippen molar-refractivity contribution in [3.63, 3.8) is 0 Å². The summed E-state index contributed by atoms with van der Waals surface area (Å²) in [4.78, 5) is 13.8. The molecule has 122 valence electrons. The van der Waals surface area contributed by atoms with Crippen LogP contribution in [0.3, 0.4) is 0 Å². The maximum atomic E-state index is 13.7. The fourth-order valence-corrected chi connectivity index (χ4v) is 2.68. The van der Waals surface area contributed by atoms with E-state index in [2.05, 4.69) is 0 Å². The van der Waals surface area contributed by atoms with Crippen LogP contribution in [-0.4, -0.2) is 35.7 Å². The van der Waals surface area contributed by atoms with Crippen LogP contribution in [0.25, 0.3) is 0 Å². The van der Waals surface area contributed by atoms with Crippen LogP contribution in [0.15, 0.2) is 18.2 Å². The molecule has 1 fully saturated rings. The number of ether oxygens (including phenoxy) is 1. The Labute approximate surface area is 135 Å². The van der Waals surface area contributed by atoms with Gasteiger partial charge < -0.3 is 15.4 Å². The maximum Gasteiger partial charge on any atom is 0.410 e. The Morgan fingerprint density at radius 3 is 2.73 bits per heavy atom. The van der Waals surface area contributed by atoms with Gasteiger partial charge in [-0.25, -0.2) is 9.18 Å². The number of rotatable bonds is 1. The number of nitrogens with zero attached hydrogens (tertiary/aromatic N) is 1. The molecule has 0 spiro atoms. The predicted octanol–water partition coefficient (Wildman–Crippen LogP) is 3.53. The van der Waals surface area contributed by atoms with E-state index in [1.54, 1.807) is 11.0 Å². The Kier molecular flexibility index (Phi) is 4.97. The van der Waals surface area contributed by atoms with E-state index < -0.39 is 11.4 Å². The van der Waals surface area contributed by atoms with Gasteiger partial charge in [-0.2, -0.15) is 0 Å². The largest absolute Gasteiger partial charge is 0.444 e. The van der Waals surface area contributed by atoms with Crippen molar-refractivity contribution in [3.05, 3.63) is 34.6 Å². The summed E-state index contributed by atoms with van der Waals surface area (Å²) < 4.78 is 19.1. The van der Waals surface area contributed by atoms with Crippen LogP contribution in [-0.2, 0) is 4.74 Å². The Hall–Kier alpha value is -1.33. The van der Waals surface area contributed by atoms with Gasteiger partial charge in [-0.3, -0.25) is 0 Å². The minimum atomic E-state index is -0.543. The number of benzene rings is 1. The summed E-state index contributed by atoms with van der Waals surface area (Å²) in [5, 5.41) is 0.0807. The highest BCUT2D eigenvalue weighted by Crippen LogP contribution is 2.29. The minimum absolute atomic E-state index is 0.0807. The molecule has 1 heterocycles. The van der Waals surface area contributed by atoms with E-state index in [1.165, 1.54) is 12.1 Å². The molecule has 22 heavy (non-hydrogen) atoms. The molecule has 0 aromatic heterocycles. The summed E-state index contributed by atoms with van der Waals surface area (Å²) in [5.41, 5.74) is 6.36. The second-order valence-electron chi connectivity index (χ2n) is 6.66. The van der Waals surface area contributed by atoms with Crippen LogP contribution < -0.4 is 5.73 Å². The molecule has 0 aliphatic carbocycles. The number of likely N-dealkylation sites (tertiary alicyclic amines) is 1. The van der Waals surface area contributed by atoms with Crippen molar-refractivity contribution >= 4 is 17.7 Å². The van der Waals surface area contributed by atoms with Crippen molar-refractivity contribution in [1.29, 1.82) is 0 Å². The van der Waals surface area contributed by atoms with Crippen LogP contribution in [0.2, 0.25) is 5.02 Å². The summed E-state index contributed by atoms with van der Waals surface area (Å²) in [6, 6.07) is 4.55. The van der Waals surface area contributed by atoms with Crippen molar-refractivity contribution in [2.45, 2.75) is 44.8 Å². The number of amides is 1. The highest BCUT2D eigenvalue weighted by molar-refractivity contribution is 6.30. The maximum absolute atomic E-state index is 13.7. The van der Waals surface area contributed by atoms with Crippen molar-refractivity contribution in [1.82, 2.24) is 4.90 Å². The second kappa shape index (κ2) is 6.42. The van der Waals surface area contributed by atoms with E-state index in [0.717, 1.165) is 5.56 Å². The molecule has 2 atom stereocenters. The monoisotopic (exact) mass is 328 g/mol. The van der Waals surface area contributed by atoms with Crippen molar-refractivity contribution < 1.29 is 13.9 Å². The van der Waals surface area contributed by atoms with Crippen LogP contribution >= 0.6 is 11.6 Å². The van der Waals surface area contributed by atoms with E-state index in [9.17, 15) is 9.18 Å². The number of carbonyl (C=O) groups is 1. The minimum Gasteiger partial charge on any atom is -0.444 e. The molecule has 1 saturated heterocycles. The Morgan fingerprint density at radius 2 is 2.14 bits per heavy atom. The molecule has 1 amide bonds. The van der Waals surface area contributed by atoms with Gasteiger partial charge in [-0.05, 0) is 44.9 Å². The number of piperidine rings is 1. The third-order valence-corrected chi connectivity index (χ3v) is 4.00. The molecule has 0 unspecified atom stereocenters. The lowest BCUT2D eigenvalue weighted by Gasteiger charge is -2.37. The van der Waals surface area contributed by atoms with Gasteiger partial charge in [0.2, 0.25) is 0 Å². The first kappa shape index (κ1) is 17.0. The number of carbonyl (C=O) groups excluding carboxylic acids is 1. The first-order valence-electron chi connectivity index (χ1n) is 7.36. The van der Waals surface area contributed by atoms with Crippen LogP contribution in [0.1, 0.15) is 38.7 Å². The van der Waals surface area contributed by atoms with Gasteiger partial charge in [0.15, 0.2) is 0 Å². The first-order valence-corrected chi connectivity index (χ1v) is 7.73. The smallest absolute Gasteiger partial charge is 0.410 e. The number of nitrogens with two attached hydrogens (primary N) is 1. The molecular formula is C16H22ClFN2O2. The lowest BCUT2D eigenvalue weighted by molar-refractivity contribution is 0.0186. The first-order chi connectivity index (χ1) is 10.2. The highest BCUT2D eigenvalue weighted by atomic mass is 35.5. The fourth-order valence-electron chi connectivity index (χ4n) is 2.56. The third kappa shape index (κ3) is 4.11. The topological polar surface area (TPSA) is 55.6 Å². The average Bonchev–Trinajstić information content (AvgIpc) is 2.40. The Bertz CT molecular complexity index is 560. The summed E-state index contributed by atoms with van der Waals surface area (Å²) in [6.45, 7) is 6.44. The molecule has 6 heteroatoms. The molecule has 0 radical (unpaired) electrons. The number of hydrogen-bond acceptors (Lipinski definition) is 3. The zero-order valence-electron chi connectivity index (χ0n) is 13.1. The molecule has 0 saturated carbocycles. The molecule has 1 aromatic carbocycles. The van der Waals surface area contributed by atoms with Crippen molar-refractivity contribution in [2.75, 3.05) is 13.1 Å². The predicted molar refractivity (Wildman–Crippen MR) is 84.6 cm³/mol. The molecule has 2 N–H and O–H groups in total. The quantitative estimate of drug-likeness (QED) is 0.858. The Morgan fingerprint density at radius 1 is 1.45 bits per heavy atom. The van der Waals surface area contributed by atoms with E-state index in [4.69, 9.17) is 22.1 Å². The average molecular weight is 329 g/mol. The van der Waals surface area contributed by atoms with Crippen LogP contribution in [0.4, 0.5) is 9.18 Å². The Balaban J connectivity index is 2.14. The summed E-state index contributed by atoms with van der Waals surface area (Å²) in [7, 11) is 0. The van der Waals surface area contributed by atoms with Gasteiger partial charge in [0.25, 0.3) is 0 Å². The zero-order chi connectivity index (χ0) is 16.5. The third-order valence-electron chi connectivity index (χ3n) is 3.69. The van der Waals surface area contributed by atoms with E-state index in [1.807, 2.05) is 20.8 Å². The van der Waals surface area contributed by atoms with E-state index in [-0.39, 0.29) is 23.1 Å². The lowest BCUT2D eigenvalue weighted by Crippen LogP contribution is -2.49. The standard InChI is InChI=1S/C16H22ClFN2O2/c1-16(2,3)22-15(21)20-7-6-14(19)11(9-20)10-4-5-12(17)13(18)8-10/h4-5,8,11,14H,6-7,9,19H2,1-3H3/t11-,14+/m0/s1. The van der Waals surface area contributed by atoms with Gasteiger partial charge in [-0.15, -0.1) is 0 Å². The van der Waals surface area contributed by atoms with E-state index >= 15 is 0 Å². The normalized spacial score (nSPS) is 22.5. The second-order valence-corrected chi connectivity index (χ2v) is 7.07. The zero-order valence-corrected chi connectivity index (χ0v) is 13.9. The molecule has 0 bridgehead atoms. The SMILES string of the molecule is CC(C)(C)OC(=O)N1CC[C@@H](N)[C@H](c2ccc(Cl)c(F)c2)C1. The van der Waals surface area contributed by atoms with Crippen LogP contribution in [0, 0.1) is 5.82 Å². The molecule has 4 nitrogen and oxygen atoms in total.